The second kappa shape index (κ2) is 8.30. The average molecular weight is 396 g/mol. The summed E-state index contributed by atoms with van der Waals surface area (Å²) in [7, 11) is 1.20. The summed E-state index contributed by atoms with van der Waals surface area (Å²) in [6, 6.07) is 5.75. The number of benzene rings is 1. The third-order valence-corrected chi connectivity index (χ3v) is 3.85. The molecule has 0 saturated carbocycles. The molecule has 0 radical (unpaired) electrons. The van der Waals surface area contributed by atoms with Gasteiger partial charge in [0.25, 0.3) is 5.56 Å². The lowest BCUT2D eigenvalue weighted by molar-refractivity contribution is -0.143. The van der Waals surface area contributed by atoms with Gasteiger partial charge in [-0.3, -0.25) is 15.0 Å². The number of carbonyl (C=O) groups is 2. The zero-order valence-electron chi connectivity index (χ0n) is 15.5. The molecule has 0 aliphatic carbocycles. The lowest BCUT2D eigenvalue weighted by atomic mass is 10.0. The predicted octanol–water partition coefficient (Wildman–Crippen LogP) is 2.63. The van der Waals surface area contributed by atoms with Gasteiger partial charge in [0, 0.05) is 17.0 Å². The number of nitrogens with one attached hydrogen (secondary N) is 3. The monoisotopic (exact) mass is 395 g/mol. The van der Waals surface area contributed by atoms with E-state index in [0.717, 1.165) is 0 Å². The summed E-state index contributed by atoms with van der Waals surface area (Å²) in [5.41, 5.74) is 0.360. The molecule has 1 atom stereocenters. The number of hydrogen-bond donors (Lipinski definition) is 3. The van der Waals surface area contributed by atoms with Crippen molar-refractivity contribution in [2.24, 2.45) is 0 Å². The Kier molecular flexibility index (Phi) is 6.32. The molecular weight excluding hydrogens is 374 g/mol. The van der Waals surface area contributed by atoms with Crippen LogP contribution in [0.2, 0.25) is 5.02 Å². The van der Waals surface area contributed by atoms with Crippen molar-refractivity contribution in [3.63, 3.8) is 0 Å². The SMILES string of the molecule is COC(=O)[C@H](Cc1c(-c2ccc(Cl)cc2)[nH][nH]c1=O)NC(=O)OC(C)(C)C. The van der Waals surface area contributed by atoms with Crippen LogP contribution in [0.15, 0.2) is 29.1 Å². The van der Waals surface area contributed by atoms with Crippen LogP contribution in [0.4, 0.5) is 4.79 Å². The Morgan fingerprint density at radius 1 is 1.19 bits per heavy atom. The molecule has 0 spiro atoms. The molecule has 1 aromatic carbocycles. The maximum Gasteiger partial charge on any atom is 0.408 e. The van der Waals surface area contributed by atoms with Crippen LogP contribution in [0.25, 0.3) is 11.3 Å². The van der Waals surface area contributed by atoms with E-state index in [2.05, 4.69) is 15.5 Å². The van der Waals surface area contributed by atoms with Crippen molar-refractivity contribution in [2.75, 3.05) is 7.11 Å². The topological polar surface area (TPSA) is 113 Å². The number of alkyl carbamates (subject to hydrolysis) is 1. The normalized spacial score (nSPS) is 12.3. The molecule has 3 N–H and O–H groups in total. The maximum atomic E-state index is 12.2. The summed E-state index contributed by atoms with van der Waals surface area (Å²) < 4.78 is 9.92. The van der Waals surface area contributed by atoms with Crippen molar-refractivity contribution in [3.8, 4) is 11.3 Å². The predicted molar refractivity (Wildman–Crippen MR) is 101 cm³/mol. The molecule has 2 rings (SSSR count). The number of rotatable bonds is 5. The van der Waals surface area contributed by atoms with Crippen molar-refractivity contribution >= 4 is 23.7 Å². The van der Waals surface area contributed by atoms with Gasteiger partial charge < -0.3 is 14.8 Å². The number of hydrogen-bond acceptors (Lipinski definition) is 5. The number of H-pyrrole nitrogens is 2. The van der Waals surface area contributed by atoms with Crippen LogP contribution in [0.3, 0.4) is 0 Å². The van der Waals surface area contributed by atoms with Crippen molar-refractivity contribution in [1.82, 2.24) is 15.5 Å². The van der Waals surface area contributed by atoms with Gasteiger partial charge in [0.1, 0.15) is 11.6 Å². The number of carbonyl (C=O) groups excluding carboxylic acids is 2. The molecular formula is C18H22ClN3O5. The van der Waals surface area contributed by atoms with Gasteiger partial charge in [0.15, 0.2) is 0 Å². The fraction of sp³-hybridized carbons (Fsp3) is 0.389. The largest absolute Gasteiger partial charge is 0.467 e. The third-order valence-electron chi connectivity index (χ3n) is 3.59. The van der Waals surface area contributed by atoms with Gasteiger partial charge in [-0.05, 0) is 38.5 Å². The second-order valence-corrected chi connectivity index (χ2v) is 7.30. The van der Waals surface area contributed by atoms with Crippen LogP contribution in [0.1, 0.15) is 26.3 Å². The highest BCUT2D eigenvalue weighted by molar-refractivity contribution is 6.30. The minimum Gasteiger partial charge on any atom is -0.467 e. The Labute approximate surface area is 161 Å². The van der Waals surface area contributed by atoms with Crippen LogP contribution < -0.4 is 10.9 Å². The van der Waals surface area contributed by atoms with Crippen molar-refractivity contribution < 1.29 is 19.1 Å². The summed E-state index contributed by atoms with van der Waals surface area (Å²) in [5, 5.41) is 8.29. The first-order chi connectivity index (χ1) is 12.6. The quantitative estimate of drug-likeness (QED) is 0.673. The van der Waals surface area contributed by atoms with Crippen LogP contribution in [0.5, 0.6) is 0 Å². The zero-order chi connectivity index (χ0) is 20.2. The van der Waals surface area contributed by atoms with Gasteiger partial charge in [-0.1, -0.05) is 23.7 Å². The first-order valence-electron chi connectivity index (χ1n) is 8.23. The van der Waals surface area contributed by atoms with Gasteiger partial charge >= 0.3 is 12.1 Å². The molecule has 0 bridgehead atoms. The van der Waals surface area contributed by atoms with Crippen LogP contribution in [-0.4, -0.2) is 41.0 Å². The maximum absolute atomic E-state index is 12.2. The highest BCUT2D eigenvalue weighted by Crippen LogP contribution is 2.22. The van der Waals surface area contributed by atoms with E-state index < -0.39 is 29.3 Å². The molecule has 8 nitrogen and oxygen atoms in total. The Balaban J connectivity index is 2.29. The fourth-order valence-electron chi connectivity index (χ4n) is 2.43. The molecule has 0 aliphatic heterocycles. The van der Waals surface area contributed by atoms with Crippen LogP contribution in [-0.2, 0) is 20.7 Å². The van der Waals surface area contributed by atoms with Gasteiger partial charge in [0.05, 0.1) is 12.8 Å². The van der Waals surface area contributed by atoms with Crippen LogP contribution in [0, 0.1) is 0 Å². The number of ether oxygens (including phenoxy) is 2. The number of halogens is 1. The van der Waals surface area contributed by atoms with E-state index in [-0.39, 0.29) is 6.42 Å². The molecule has 0 saturated heterocycles. The van der Waals surface area contributed by atoms with E-state index in [4.69, 9.17) is 21.1 Å². The zero-order valence-corrected chi connectivity index (χ0v) is 16.3. The van der Waals surface area contributed by atoms with E-state index in [0.29, 0.717) is 21.8 Å². The molecule has 27 heavy (non-hydrogen) atoms. The molecule has 1 heterocycles. The first-order valence-corrected chi connectivity index (χ1v) is 8.61. The molecule has 2 aromatic rings. The van der Waals surface area contributed by atoms with Gasteiger partial charge in [-0.25, -0.2) is 9.59 Å². The standard InChI is InChI=1S/C18H22ClN3O5/c1-18(2,3)27-17(25)20-13(16(24)26-4)9-12-14(21-22-15(12)23)10-5-7-11(19)8-6-10/h5-8,13H,9H2,1-4H3,(H,20,25)(H2,21,22,23)/t13-/m0/s1. The number of aromatic amines is 2. The van der Waals surface area contributed by atoms with E-state index in [1.165, 1.54) is 7.11 Å². The number of esters is 1. The van der Waals surface area contributed by atoms with E-state index in [9.17, 15) is 14.4 Å². The Bertz CT molecular complexity index is 864. The number of methoxy groups -OCH3 is 1. The lowest BCUT2D eigenvalue weighted by Crippen LogP contribution is -2.45. The molecule has 146 valence electrons. The Morgan fingerprint density at radius 3 is 2.37 bits per heavy atom. The van der Waals surface area contributed by atoms with E-state index >= 15 is 0 Å². The smallest absolute Gasteiger partial charge is 0.408 e. The molecule has 0 fully saturated rings. The minimum absolute atomic E-state index is 0.0806. The number of amides is 1. The average Bonchev–Trinajstić information content (AvgIpc) is 2.93. The highest BCUT2D eigenvalue weighted by atomic mass is 35.5. The Morgan fingerprint density at radius 2 is 1.81 bits per heavy atom. The molecule has 1 aromatic heterocycles. The molecule has 9 heteroatoms. The highest BCUT2D eigenvalue weighted by Gasteiger charge is 2.28. The van der Waals surface area contributed by atoms with Gasteiger partial charge in [-0.2, -0.15) is 0 Å². The third kappa shape index (κ3) is 5.62. The van der Waals surface area contributed by atoms with Crippen molar-refractivity contribution in [3.05, 3.63) is 45.2 Å². The van der Waals surface area contributed by atoms with Crippen molar-refractivity contribution in [2.45, 2.75) is 38.8 Å². The number of aromatic nitrogens is 2. The second-order valence-electron chi connectivity index (χ2n) is 6.87. The van der Waals surface area contributed by atoms with E-state index in [1.54, 1.807) is 45.0 Å². The van der Waals surface area contributed by atoms with E-state index in [1.807, 2.05) is 0 Å². The molecule has 0 unspecified atom stereocenters. The summed E-state index contributed by atoms with van der Waals surface area (Å²) in [6.45, 7) is 5.11. The summed E-state index contributed by atoms with van der Waals surface area (Å²) in [5.74, 6) is -0.691. The Hall–Kier alpha value is -2.74. The van der Waals surface area contributed by atoms with Crippen LogP contribution >= 0.6 is 11.6 Å². The van der Waals surface area contributed by atoms with Crippen molar-refractivity contribution in [1.29, 1.82) is 0 Å². The fourth-order valence-corrected chi connectivity index (χ4v) is 2.56. The summed E-state index contributed by atoms with van der Waals surface area (Å²) in [6.07, 6.45) is -0.860. The minimum atomic E-state index is -1.09. The van der Waals surface area contributed by atoms with Gasteiger partial charge in [0.2, 0.25) is 0 Å². The lowest BCUT2D eigenvalue weighted by Gasteiger charge is -2.22. The van der Waals surface area contributed by atoms with Gasteiger partial charge in [-0.15, -0.1) is 0 Å². The summed E-state index contributed by atoms with van der Waals surface area (Å²) in [4.78, 5) is 36.4. The summed E-state index contributed by atoms with van der Waals surface area (Å²) >= 11 is 5.90. The first kappa shape index (κ1) is 20.6. The molecule has 0 aliphatic rings. The molecule has 1 amide bonds.